The second kappa shape index (κ2) is 8.35. The lowest BCUT2D eigenvalue weighted by Gasteiger charge is -2.11. The molecule has 27 heavy (non-hydrogen) atoms. The Labute approximate surface area is 157 Å². The largest absolute Gasteiger partial charge is 0.352 e. The highest BCUT2D eigenvalue weighted by molar-refractivity contribution is 5.95. The minimum Gasteiger partial charge on any atom is -0.352 e. The number of nitrogens with one attached hydrogen (secondary N) is 1. The van der Waals surface area contributed by atoms with Crippen LogP contribution in [0.5, 0.6) is 0 Å². The zero-order valence-electron chi connectivity index (χ0n) is 15.3. The van der Waals surface area contributed by atoms with E-state index in [1.165, 1.54) is 4.57 Å². The lowest BCUT2D eigenvalue weighted by atomic mass is 10.1. The molecule has 3 aromatic heterocycles. The Balaban J connectivity index is 1.73. The molecule has 0 bridgehead atoms. The van der Waals surface area contributed by atoms with Gasteiger partial charge < -0.3 is 9.88 Å². The lowest BCUT2D eigenvalue weighted by Crippen LogP contribution is -2.35. The molecule has 3 rings (SSSR count). The van der Waals surface area contributed by atoms with Crippen LogP contribution >= 0.6 is 0 Å². The van der Waals surface area contributed by atoms with Gasteiger partial charge in [-0.15, -0.1) is 0 Å². The average Bonchev–Trinajstić information content (AvgIpc) is 2.67. The third kappa shape index (κ3) is 4.63. The fraction of sp³-hybridized carbons (Fsp3) is 0.250. The van der Waals surface area contributed by atoms with Gasteiger partial charge in [-0.3, -0.25) is 24.5 Å². The highest BCUT2D eigenvalue weighted by atomic mass is 16.2. The molecule has 7 nitrogen and oxygen atoms in total. The summed E-state index contributed by atoms with van der Waals surface area (Å²) in [6, 6.07) is 5.56. The molecule has 1 N–H and O–H groups in total. The number of carbonyl (C=O) groups excluding carboxylic acids is 1. The Morgan fingerprint density at radius 3 is 2.59 bits per heavy atom. The molecule has 0 atom stereocenters. The van der Waals surface area contributed by atoms with Crippen LogP contribution in [0, 0.1) is 13.8 Å². The first kappa shape index (κ1) is 18.4. The number of pyridine rings is 2. The Bertz CT molecular complexity index is 982. The molecule has 0 fully saturated rings. The van der Waals surface area contributed by atoms with Gasteiger partial charge in [-0.2, -0.15) is 0 Å². The maximum absolute atomic E-state index is 12.8. The summed E-state index contributed by atoms with van der Waals surface area (Å²) in [7, 11) is 0. The number of aromatic nitrogens is 4. The van der Waals surface area contributed by atoms with Gasteiger partial charge in [0.25, 0.3) is 11.5 Å². The molecule has 0 radical (unpaired) electrons. The summed E-state index contributed by atoms with van der Waals surface area (Å²) in [4.78, 5) is 37.8. The van der Waals surface area contributed by atoms with Crippen LogP contribution in [0.4, 0.5) is 0 Å². The fourth-order valence-electron chi connectivity index (χ4n) is 2.70. The van der Waals surface area contributed by atoms with Gasteiger partial charge in [-0.25, -0.2) is 0 Å². The van der Waals surface area contributed by atoms with Crippen molar-refractivity contribution in [3.8, 4) is 0 Å². The maximum atomic E-state index is 12.8. The molecule has 0 saturated carbocycles. The first-order valence-electron chi connectivity index (χ1n) is 8.69. The molecule has 0 spiro atoms. The number of carbonyl (C=O) groups is 1. The van der Waals surface area contributed by atoms with Crippen LogP contribution in [-0.4, -0.2) is 32.0 Å². The summed E-state index contributed by atoms with van der Waals surface area (Å²) < 4.78 is 1.48. The van der Waals surface area contributed by atoms with Crippen molar-refractivity contribution in [3.63, 3.8) is 0 Å². The van der Waals surface area contributed by atoms with E-state index < -0.39 is 0 Å². The molecular weight excluding hydrogens is 342 g/mol. The van der Waals surface area contributed by atoms with Crippen molar-refractivity contribution in [2.45, 2.75) is 26.8 Å². The lowest BCUT2D eigenvalue weighted by molar-refractivity contribution is 0.0951. The number of amides is 1. The van der Waals surface area contributed by atoms with Gasteiger partial charge in [-0.1, -0.05) is 0 Å². The van der Waals surface area contributed by atoms with Gasteiger partial charge in [0.05, 0.1) is 24.1 Å². The summed E-state index contributed by atoms with van der Waals surface area (Å²) in [6.07, 6.45) is 9.06. The molecule has 0 aliphatic heterocycles. The summed E-state index contributed by atoms with van der Waals surface area (Å²) in [5.41, 5.74) is 3.02. The Kier molecular flexibility index (Phi) is 5.71. The first-order valence-corrected chi connectivity index (χ1v) is 8.69. The van der Waals surface area contributed by atoms with E-state index >= 15 is 0 Å². The molecule has 0 saturated heterocycles. The third-order valence-electron chi connectivity index (χ3n) is 4.22. The van der Waals surface area contributed by atoms with Crippen LogP contribution in [0.15, 0.2) is 54.0 Å². The van der Waals surface area contributed by atoms with Crippen molar-refractivity contribution < 1.29 is 4.79 Å². The number of aryl methyl sites for hydroxylation is 2. The average molecular weight is 363 g/mol. The van der Waals surface area contributed by atoms with Gasteiger partial charge in [0.2, 0.25) is 0 Å². The van der Waals surface area contributed by atoms with Crippen LogP contribution in [-0.2, 0) is 13.0 Å². The minimum atomic E-state index is -0.365. The number of nitrogens with zero attached hydrogens (tertiary/aromatic N) is 4. The smallest absolute Gasteiger partial charge is 0.264 e. The van der Waals surface area contributed by atoms with Crippen molar-refractivity contribution >= 4 is 5.91 Å². The van der Waals surface area contributed by atoms with E-state index in [1.54, 1.807) is 44.0 Å². The number of rotatable bonds is 6. The number of hydrogen-bond donors (Lipinski definition) is 1. The van der Waals surface area contributed by atoms with E-state index in [4.69, 9.17) is 0 Å². The molecular formula is C20H21N5O2. The zero-order valence-corrected chi connectivity index (χ0v) is 15.3. The van der Waals surface area contributed by atoms with Crippen molar-refractivity contribution in [1.82, 2.24) is 24.8 Å². The topological polar surface area (TPSA) is 89.8 Å². The van der Waals surface area contributed by atoms with E-state index in [0.29, 0.717) is 24.2 Å². The van der Waals surface area contributed by atoms with E-state index in [0.717, 1.165) is 11.3 Å². The molecule has 0 aliphatic rings. The molecule has 7 heteroatoms. The summed E-state index contributed by atoms with van der Waals surface area (Å²) in [5.74, 6) is -0.365. The Morgan fingerprint density at radius 1 is 1.11 bits per heavy atom. The van der Waals surface area contributed by atoms with Crippen molar-refractivity contribution in [2.24, 2.45) is 0 Å². The second-order valence-electron chi connectivity index (χ2n) is 6.32. The first-order chi connectivity index (χ1) is 13.0. The van der Waals surface area contributed by atoms with Gasteiger partial charge in [-0.05, 0) is 49.6 Å². The predicted octanol–water partition coefficient (Wildman–Crippen LogP) is 1.67. The maximum Gasteiger partial charge on any atom is 0.264 e. The SMILES string of the molecule is Cc1cnc(Cn2ccc(C)c(C(=O)NCCc3ccncc3)c2=O)cn1. The monoisotopic (exact) mass is 363 g/mol. The van der Waals surface area contributed by atoms with Crippen molar-refractivity contribution in [2.75, 3.05) is 6.54 Å². The van der Waals surface area contributed by atoms with Gasteiger partial charge in [0, 0.05) is 31.3 Å². The molecule has 3 aromatic rings. The van der Waals surface area contributed by atoms with E-state index in [1.807, 2.05) is 19.1 Å². The normalized spacial score (nSPS) is 10.6. The molecule has 138 valence electrons. The van der Waals surface area contributed by atoms with Crippen LogP contribution < -0.4 is 10.9 Å². The molecule has 1 amide bonds. The van der Waals surface area contributed by atoms with Crippen molar-refractivity contribution in [1.29, 1.82) is 0 Å². The van der Waals surface area contributed by atoms with Gasteiger partial charge in [0.15, 0.2) is 0 Å². The highest BCUT2D eigenvalue weighted by Crippen LogP contribution is 2.04. The van der Waals surface area contributed by atoms with E-state index in [2.05, 4.69) is 20.3 Å². The molecule has 0 unspecified atom stereocenters. The van der Waals surface area contributed by atoms with Gasteiger partial charge in [0.1, 0.15) is 5.56 Å². The zero-order chi connectivity index (χ0) is 19.2. The predicted molar refractivity (Wildman–Crippen MR) is 102 cm³/mol. The highest BCUT2D eigenvalue weighted by Gasteiger charge is 2.15. The standard InChI is InChI=1S/C20H21N5O2/c1-14-6-10-25(13-17-12-23-15(2)11-24-17)20(27)18(14)19(26)22-9-5-16-3-7-21-8-4-16/h3-4,6-8,10-12H,5,9,13H2,1-2H3,(H,22,26). The quantitative estimate of drug-likeness (QED) is 0.719. The molecule has 3 heterocycles. The van der Waals surface area contributed by atoms with Crippen LogP contribution in [0.1, 0.15) is 32.9 Å². The van der Waals surface area contributed by atoms with Crippen LogP contribution in [0.3, 0.4) is 0 Å². The Hall–Kier alpha value is -3.35. The molecule has 0 aromatic carbocycles. The Morgan fingerprint density at radius 2 is 1.89 bits per heavy atom. The van der Waals surface area contributed by atoms with Crippen LogP contribution in [0.25, 0.3) is 0 Å². The third-order valence-corrected chi connectivity index (χ3v) is 4.22. The second-order valence-corrected chi connectivity index (χ2v) is 6.32. The molecule has 0 aliphatic carbocycles. The van der Waals surface area contributed by atoms with Gasteiger partial charge >= 0.3 is 0 Å². The summed E-state index contributed by atoms with van der Waals surface area (Å²) in [5, 5.41) is 2.83. The van der Waals surface area contributed by atoms with E-state index in [9.17, 15) is 9.59 Å². The minimum absolute atomic E-state index is 0.160. The summed E-state index contributed by atoms with van der Waals surface area (Å²) in [6.45, 7) is 4.32. The summed E-state index contributed by atoms with van der Waals surface area (Å²) >= 11 is 0. The van der Waals surface area contributed by atoms with Crippen molar-refractivity contribution in [3.05, 3.63) is 87.6 Å². The van der Waals surface area contributed by atoms with Crippen LogP contribution in [0.2, 0.25) is 0 Å². The van der Waals surface area contributed by atoms with E-state index in [-0.39, 0.29) is 23.6 Å². The fourth-order valence-corrected chi connectivity index (χ4v) is 2.70. The number of hydrogen-bond acceptors (Lipinski definition) is 5.